The summed E-state index contributed by atoms with van der Waals surface area (Å²) in [7, 11) is 0. The lowest BCUT2D eigenvalue weighted by Crippen LogP contribution is -2.32. The van der Waals surface area contributed by atoms with Crippen molar-refractivity contribution in [1.82, 2.24) is 20.3 Å². The van der Waals surface area contributed by atoms with Gasteiger partial charge < -0.3 is 5.32 Å². The van der Waals surface area contributed by atoms with Crippen LogP contribution in [-0.2, 0) is 0 Å². The Hall–Kier alpha value is -2.82. The Morgan fingerprint density at radius 2 is 1.83 bits per heavy atom. The Balaban J connectivity index is 1.86. The van der Waals surface area contributed by atoms with Gasteiger partial charge in [-0.25, -0.2) is 4.98 Å². The van der Waals surface area contributed by atoms with Gasteiger partial charge in [-0.05, 0) is 29.7 Å². The largest absolute Gasteiger partial charge is 0.344 e. The minimum atomic E-state index is -0.231. The first-order valence-electron chi connectivity index (χ1n) is 7.57. The van der Waals surface area contributed by atoms with Gasteiger partial charge in [0.15, 0.2) is 0 Å². The first-order chi connectivity index (χ1) is 11.1. The summed E-state index contributed by atoms with van der Waals surface area (Å²) >= 11 is 0. The lowest BCUT2D eigenvalue weighted by molar-refractivity contribution is 0.0920. The van der Waals surface area contributed by atoms with Gasteiger partial charge in [-0.3, -0.25) is 14.8 Å². The summed E-state index contributed by atoms with van der Waals surface area (Å²) in [5, 5.41) is 3.03. The number of nitrogens with one attached hydrogen (secondary N) is 1. The van der Waals surface area contributed by atoms with E-state index in [0.29, 0.717) is 11.2 Å². The van der Waals surface area contributed by atoms with E-state index in [-0.39, 0.29) is 17.9 Å². The molecule has 1 amide bonds. The van der Waals surface area contributed by atoms with Crippen molar-refractivity contribution in [2.45, 2.75) is 19.9 Å². The highest BCUT2D eigenvalue weighted by molar-refractivity contribution is 5.94. The third-order valence-corrected chi connectivity index (χ3v) is 3.68. The summed E-state index contributed by atoms with van der Waals surface area (Å²) in [6.45, 7) is 4.12. The van der Waals surface area contributed by atoms with Gasteiger partial charge in [-0.2, -0.15) is 0 Å². The van der Waals surface area contributed by atoms with Crippen LogP contribution in [0.25, 0.3) is 11.0 Å². The Labute approximate surface area is 134 Å². The molecule has 5 nitrogen and oxygen atoms in total. The molecule has 2 aromatic heterocycles. The molecule has 1 atom stereocenters. The van der Waals surface area contributed by atoms with Gasteiger partial charge in [0, 0.05) is 12.4 Å². The summed E-state index contributed by atoms with van der Waals surface area (Å²) in [6, 6.07) is 11.2. The summed E-state index contributed by atoms with van der Waals surface area (Å²) in [4.78, 5) is 25.4. The van der Waals surface area contributed by atoms with Crippen molar-refractivity contribution < 1.29 is 4.79 Å². The molecule has 2 heterocycles. The van der Waals surface area contributed by atoms with E-state index in [0.717, 1.165) is 11.1 Å². The lowest BCUT2D eigenvalue weighted by atomic mass is 9.97. The van der Waals surface area contributed by atoms with Gasteiger partial charge in [0.05, 0.1) is 23.3 Å². The van der Waals surface area contributed by atoms with Gasteiger partial charge in [0.1, 0.15) is 5.69 Å². The number of amides is 1. The molecule has 3 rings (SSSR count). The number of hydrogen-bond acceptors (Lipinski definition) is 4. The average Bonchev–Trinajstić information content (AvgIpc) is 2.59. The minimum absolute atomic E-state index is 0.121. The molecule has 0 saturated carbocycles. The number of rotatable bonds is 4. The molecular formula is C18H18N4O. The van der Waals surface area contributed by atoms with Crippen LogP contribution in [0.15, 0.2) is 55.0 Å². The van der Waals surface area contributed by atoms with E-state index < -0.39 is 0 Å². The molecule has 1 N–H and O–H groups in total. The van der Waals surface area contributed by atoms with E-state index in [9.17, 15) is 4.79 Å². The maximum Gasteiger partial charge on any atom is 0.271 e. The fourth-order valence-corrected chi connectivity index (χ4v) is 2.48. The third kappa shape index (κ3) is 3.34. The topological polar surface area (TPSA) is 67.8 Å². The smallest absolute Gasteiger partial charge is 0.271 e. The molecule has 0 aliphatic heterocycles. The lowest BCUT2D eigenvalue weighted by Gasteiger charge is -2.22. The number of nitrogens with zero attached hydrogens (tertiary/aromatic N) is 3. The van der Waals surface area contributed by atoms with Gasteiger partial charge in [-0.15, -0.1) is 0 Å². The van der Waals surface area contributed by atoms with E-state index in [1.54, 1.807) is 12.4 Å². The van der Waals surface area contributed by atoms with Crippen molar-refractivity contribution in [2.75, 3.05) is 0 Å². The van der Waals surface area contributed by atoms with Crippen LogP contribution < -0.4 is 5.32 Å². The predicted molar refractivity (Wildman–Crippen MR) is 88.8 cm³/mol. The zero-order valence-corrected chi connectivity index (χ0v) is 13.1. The summed E-state index contributed by atoms with van der Waals surface area (Å²) in [5.74, 6) is 0.00220. The molecule has 3 aromatic rings. The number of carbonyl (C=O) groups excluding carboxylic acids is 1. The normalized spacial score (nSPS) is 12.3. The van der Waals surface area contributed by atoms with Crippen LogP contribution in [0.4, 0.5) is 0 Å². The number of benzene rings is 1. The van der Waals surface area contributed by atoms with Crippen LogP contribution in [0.2, 0.25) is 0 Å². The molecule has 0 bridgehead atoms. The Morgan fingerprint density at radius 1 is 1.04 bits per heavy atom. The molecule has 0 aliphatic carbocycles. The summed E-state index contributed by atoms with van der Waals surface area (Å²) in [6.07, 6.45) is 5.01. The zero-order valence-electron chi connectivity index (χ0n) is 13.1. The molecule has 23 heavy (non-hydrogen) atoms. The highest BCUT2D eigenvalue weighted by atomic mass is 16.1. The van der Waals surface area contributed by atoms with E-state index >= 15 is 0 Å². The number of fused-ring (bicyclic) bond motifs is 1. The van der Waals surface area contributed by atoms with Crippen LogP contribution >= 0.6 is 0 Å². The minimum Gasteiger partial charge on any atom is -0.344 e. The van der Waals surface area contributed by atoms with Crippen molar-refractivity contribution in [2.24, 2.45) is 5.92 Å². The van der Waals surface area contributed by atoms with Crippen LogP contribution in [-0.4, -0.2) is 20.9 Å². The van der Waals surface area contributed by atoms with Crippen molar-refractivity contribution in [3.8, 4) is 0 Å². The van der Waals surface area contributed by atoms with Gasteiger partial charge >= 0.3 is 0 Å². The fraction of sp³-hybridized carbons (Fsp3) is 0.222. The number of hydrogen-bond donors (Lipinski definition) is 1. The number of aromatic nitrogens is 3. The third-order valence-electron chi connectivity index (χ3n) is 3.68. The van der Waals surface area contributed by atoms with E-state index in [1.807, 2.05) is 36.4 Å². The van der Waals surface area contributed by atoms with Crippen molar-refractivity contribution in [3.63, 3.8) is 0 Å². The Morgan fingerprint density at radius 3 is 2.52 bits per heavy atom. The maximum absolute atomic E-state index is 12.5. The summed E-state index contributed by atoms with van der Waals surface area (Å²) in [5.41, 5.74) is 2.78. The second kappa shape index (κ2) is 6.52. The van der Waals surface area contributed by atoms with Crippen LogP contribution in [0.5, 0.6) is 0 Å². The molecule has 0 radical (unpaired) electrons. The van der Waals surface area contributed by atoms with Crippen LogP contribution in [0.3, 0.4) is 0 Å². The second-order valence-corrected chi connectivity index (χ2v) is 5.73. The average molecular weight is 306 g/mol. The van der Waals surface area contributed by atoms with E-state index in [2.05, 4.69) is 34.1 Å². The SMILES string of the molecule is CC(C)C(NC(=O)c1cnc2ccccc2n1)c1cccnc1. The quantitative estimate of drug-likeness (QED) is 0.804. The second-order valence-electron chi connectivity index (χ2n) is 5.73. The molecule has 1 unspecified atom stereocenters. The fourth-order valence-electron chi connectivity index (χ4n) is 2.48. The molecular weight excluding hydrogens is 288 g/mol. The first kappa shape index (κ1) is 15.1. The molecule has 5 heteroatoms. The predicted octanol–water partition coefficient (Wildman–Crippen LogP) is 3.15. The number of para-hydroxylation sites is 2. The Bertz CT molecular complexity index is 817. The van der Waals surface area contributed by atoms with Gasteiger partial charge in [-0.1, -0.05) is 32.0 Å². The van der Waals surface area contributed by atoms with E-state index in [1.165, 1.54) is 6.20 Å². The molecule has 0 saturated heterocycles. The first-order valence-corrected chi connectivity index (χ1v) is 7.57. The van der Waals surface area contributed by atoms with E-state index in [4.69, 9.17) is 0 Å². The molecule has 0 spiro atoms. The van der Waals surface area contributed by atoms with Gasteiger partial charge in [0.25, 0.3) is 5.91 Å². The highest BCUT2D eigenvalue weighted by Crippen LogP contribution is 2.21. The molecule has 1 aromatic carbocycles. The molecule has 116 valence electrons. The van der Waals surface area contributed by atoms with Crippen molar-refractivity contribution >= 4 is 16.9 Å². The zero-order chi connectivity index (χ0) is 16.2. The molecule has 0 fully saturated rings. The summed E-state index contributed by atoms with van der Waals surface area (Å²) < 4.78 is 0. The number of pyridine rings is 1. The monoisotopic (exact) mass is 306 g/mol. The van der Waals surface area contributed by atoms with Crippen molar-refractivity contribution in [1.29, 1.82) is 0 Å². The molecule has 0 aliphatic rings. The van der Waals surface area contributed by atoms with Crippen molar-refractivity contribution in [3.05, 3.63) is 66.2 Å². The highest BCUT2D eigenvalue weighted by Gasteiger charge is 2.20. The van der Waals surface area contributed by atoms with Crippen LogP contribution in [0, 0.1) is 5.92 Å². The Kier molecular flexibility index (Phi) is 4.28. The van der Waals surface area contributed by atoms with Gasteiger partial charge in [0.2, 0.25) is 0 Å². The maximum atomic E-state index is 12.5. The van der Waals surface area contributed by atoms with Crippen LogP contribution in [0.1, 0.15) is 35.9 Å². The standard InChI is InChI=1S/C18H18N4O/c1-12(2)17(13-6-5-9-19-10-13)22-18(23)16-11-20-14-7-3-4-8-15(14)21-16/h3-12,17H,1-2H3,(H,22,23). The number of carbonyl (C=O) groups is 1.